The number of hydrogen-bond acceptors (Lipinski definition) is 6. The zero-order valence-electron chi connectivity index (χ0n) is 7.75. The molecule has 2 aromatic rings. The third kappa shape index (κ3) is 1.96. The van der Waals surface area contributed by atoms with Crippen molar-refractivity contribution < 1.29 is 4.92 Å². The van der Waals surface area contributed by atoms with Gasteiger partial charge in [-0.25, -0.2) is 4.98 Å². The van der Waals surface area contributed by atoms with Crippen molar-refractivity contribution in [2.45, 2.75) is 6.92 Å². The topological polar surface area (TPSA) is 81.8 Å². The Morgan fingerprint density at radius 1 is 1.47 bits per heavy atom. The van der Waals surface area contributed by atoms with Crippen LogP contribution in [0.15, 0.2) is 18.3 Å². The molecule has 0 fully saturated rings. The van der Waals surface area contributed by atoms with E-state index in [1.807, 2.05) is 0 Å². The minimum Gasteiger partial charge on any atom is -0.358 e. The summed E-state index contributed by atoms with van der Waals surface area (Å²) < 4.78 is 4.02. The third-order valence-electron chi connectivity index (χ3n) is 1.71. The highest BCUT2D eigenvalue weighted by atomic mass is 32.1. The standard InChI is InChI=1S/C8H6N4O2S/c1-5-10-8(15-11-5)6-2-3-7(9-4-6)12(13)14/h2-4H,1H3. The van der Waals surface area contributed by atoms with Crippen LogP contribution in [-0.4, -0.2) is 19.3 Å². The van der Waals surface area contributed by atoms with Crippen molar-refractivity contribution in [1.82, 2.24) is 14.3 Å². The van der Waals surface area contributed by atoms with Crippen molar-refractivity contribution in [3.05, 3.63) is 34.3 Å². The van der Waals surface area contributed by atoms with Crippen LogP contribution in [-0.2, 0) is 0 Å². The Bertz CT molecular complexity index is 494. The summed E-state index contributed by atoms with van der Waals surface area (Å²) in [6.07, 6.45) is 1.43. The smallest absolute Gasteiger partial charge is 0.358 e. The van der Waals surface area contributed by atoms with Gasteiger partial charge in [-0.05, 0) is 34.4 Å². The molecular formula is C8H6N4O2S. The summed E-state index contributed by atoms with van der Waals surface area (Å²) >= 11 is 1.25. The van der Waals surface area contributed by atoms with E-state index in [0.29, 0.717) is 5.82 Å². The van der Waals surface area contributed by atoms with E-state index in [4.69, 9.17) is 0 Å². The van der Waals surface area contributed by atoms with Gasteiger partial charge in [0.1, 0.15) is 10.8 Å². The largest absolute Gasteiger partial charge is 0.363 e. The molecule has 0 aliphatic carbocycles. The van der Waals surface area contributed by atoms with E-state index in [2.05, 4.69) is 14.3 Å². The van der Waals surface area contributed by atoms with Crippen LogP contribution in [0.3, 0.4) is 0 Å². The fourth-order valence-electron chi connectivity index (χ4n) is 1.03. The first-order valence-corrected chi connectivity index (χ1v) is 4.85. The van der Waals surface area contributed by atoms with Gasteiger partial charge < -0.3 is 10.1 Å². The van der Waals surface area contributed by atoms with E-state index < -0.39 is 4.92 Å². The number of rotatable bonds is 2. The van der Waals surface area contributed by atoms with Crippen molar-refractivity contribution in [3.8, 4) is 10.6 Å². The van der Waals surface area contributed by atoms with E-state index in [1.54, 1.807) is 13.0 Å². The SMILES string of the molecule is Cc1nsc(-c2ccc([N+](=O)[O-])nc2)n1. The highest BCUT2D eigenvalue weighted by Crippen LogP contribution is 2.21. The van der Waals surface area contributed by atoms with Gasteiger partial charge in [-0.3, -0.25) is 0 Å². The quantitative estimate of drug-likeness (QED) is 0.571. The van der Waals surface area contributed by atoms with E-state index in [9.17, 15) is 10.1 Å². The first-order valence-electron chi connectivity index (χ1n) is 4.08. The molecule has 0 aliphatic rings. The van der Waals surface area contributed by atoms with E-state index in [1.165, 1.54) is 23.8 Å². The molecule has 0 bridgehead atoms. The Morgan fingerprint density at radius 2 is 2.27 bits per heavy atom. The van der Waals surface area contributed by atoms with Crippen molar-refractivity contribution in [2.75, 3.05) is 0 Å². The molecule has 0 aliphatic heterocycles. The summed E-state index contributed by atoms with van der Waals surface area (Å²) in [6.45, 7) is 1.79. The first-order chi connectivity index (χ1) is 7.16. The molecule has 2 heterocycles. The van der Waals surface area contributed by atoms with Crippen LogP contribution in [0.1, 0.15) is 5.82 Å². The Morgan fingerprint density at radius 3 is 2.73 bits per heavy atom. The zero-order valence-corrected chi connectivity index (χ0v) is 8.56. The highest BCUT2D eigenvalue weighted by Gasteiger charge is 2.10. The van der Waals surface area contributed by atoms with Gasteiger partial charge in [0, 0.05) is 6.07 Å². The van der Waals surface area contributed by atoms with Gasteiger partial charge in [0.25, 0.3) is 0 Å². The predicted octanol–water partition coefficient (Wildman–Crippen LogP) is 1.82. The lowest BCUT2D eigenvalue weighted by molar-refractivity contribution is -0.389. The lowest BCUT2D eigenvalue weighted by Crippen LogP contribution is -1.91. The van der Waals surface area contributed by atoms with Gasteiger partial charge in [0.05, 0.1) is 5.56 Å². The molecule has 0 saturated heterocycles. The maximum absolute atomic E-state index is 10.4. The lowest BCUT2D eigenvalue weighted by atomic mass is 10.3. The maximum Gasteiger partial charge on any atom is 0.363 e. The molecule has 0 atom stereocenters. The maximum atomic E-state index is 10.4. The van der Waals surface area contributed by atoms with Gasteiger partial charge in [0.2, 0.25) is 0 Å². The Kier molecular flexibility index (Phi) is 2.38. The summed E-state index contributed by atoms with van der Waals surface area (Å²) in [6, 6.07) is 2.97. The summed E-state index contributed by atoms with van der Waals surface area (Å²) in [4.78, 5) is 17.7. The minimum atomic E-state index is -0.533. The molecule has 7 heteroatoms. The molecule has 0 saturated carbocycles. The van der Waals surface area contributed by atoms with Gasteiger partial charge in [-0.2, -0.15) is 4.37 Å². The fourth-order valence-corrected chi connectivity index (χ4v) is 1.69. The molecule has 0 radical (unpaired) electrons. The number of hydrogen-bond donors (Lipinski definition) is 0. The first kappa shape index (κ1) is 9.66. The molecule has 0 spiro atoms. The Balaban J connectivity index is 2.35. The molecule has 76 valence electrons. The number of aromatic nitrogens is 3. The van der Waals surface area contributed by atoms with Crippen molar-refractivity contribution in [2.24, 2.45) is 0 Å². The molecule has 2 rings (SSSR count). The van der Waals surface area contributed by atoms with Crippen molar-refractivity contribution in [1.29, 1.82) is 0 Å². The van der Waals surface area contributed by atoms with Crippen LogP contribution >= 0.6 is 11.5 Å². The number of pyridine rings is 1. The summed E-state index contributed by atoms with van der Waals surface area (Å²) in [5.74, 6) is 0.522. The second-order valence-electron chi connectivity index (χ2n) is 2.81. The Hall–Kier alpha value is -1.89. The number of nitro groups is 1. The summed E-state index contributed by atoms with van der Waals surface area (Å²) in [5.41, 5.74) is 0.742. The van der Waals surface area contributed by atoms with E-state index in [-0.39, 0.29) is 5.82 Å². The van der Waals surface area contributed by atoms with Crippen LogP contribution in [0, 0.1) is 17.0 Å². The van der Waals surface area contributed by atoms with Gasteiger partial charge >= 0.3 is 5.82 Å². The zero-order chi connectivity index (χ0) is 10.8. The monoisotopic (exact) mass is 222 g/mol. The highest BCUT2D eigenvalue weighted by molar-refractivity contribution is 7.09. The number of aryl methyl sites for hydroxylation is 1. The number of nitrogens with zero attached hydrogens (tertiary/aromatic N) is 4. The van der Waals surface area contributed by atoms with Gasteiger partial charge in [0.15, 0.2) is 6.20 Å². The average Bonchev–Trinajstić information content (AvgIpc) is 2.65. The van der Waals surface area contributed by atoms with Crippen molar-refractivity contribution in [3.63, 3.8) is 0 Å². The molecule has 0 amide bonds. The van der Waals surface area contributed by atoms with Crippen LogP contribution in [0.2, 0.25) is 0 Å². The molecule has 2 aromatic heterocycles. The third-order valence-corrected chi connectivity index (χ3v) is 2.56. The minimum absolute atomic E-state index is 0.167. The second-order valence-corrected chi connectivity index (χ2v) is 3.56. The van der Waals surface area contributed by atoms with Crippen molar-refractivity contribution >= 4 is 17.4 Å². The summed E-state index contributed by atoms with van der Waals surface area (Å²) in [5, 5.41) is 11.1. The van der Waals surface area contributed by atoms with E-state index in [0.717, 1.165) is 10.6 Å². The lowest BCUT2D eigenvalue weighted by Gasteiger charge is -1.92. The van der Waals surface area contributed by atoms with Gasteiger partial charge in [-0.15, -0.1) is 0 Å². The average molecular weight is 222 g/mol. The molecule has 6 nitrogen and oxygen atoms in total. The predicted molar refractivity (Wildman–Crippen MR) is 54.5 cm³/mol. The van der Waals surface area contributed by atoms with Crippen LogP contribution in [0.25, 0.3) is 10.6 Å². The summed E-state index contributed by atoms with van der Waals surface area (Å²) in [7, 11) is 0. The van der Waals surface area contributed by atoms with Gasteiger partial charge in [-0.1, -0.05) is 0 Å². The normalized spacial score (nSPS) is 10.2. The Labute approximate surface area is 88.9 Å². The molecule has 0 unspecified atom stereocenters. The second kappa shape index (κ2) is 3.70. The molecule has 0 N–H and O–H groups in total. The fraction of sp³-hybridized carbons (Fsp3) is 0.125. The molecule has 15 heavy (non-hydrogen) atoms. The van der Waals surface area contributed by atoms with E-state index >= 15 is 0 Å². The molecular weight excluding hydrogens is 216 g/mol. The molecule has 0 aromatic carbocycles. The van der Waals surface area contributed by atoms with Crippen LogP contribution in [0.5, 0.6) is 0 Å². The van der Waals surface area contributed by atoms with Crippen LogP contribution in [0.4, 0.5) is 5.82 Å². The van der Waals surface area contributed by atoms with Crippen LogP contribution < -0.4 is 0 Å².